The van der Waals surface area contributed by atoms with Gasteiger partial charge in [-0.1, -0.05) is 58.3 Å². The van der Waals surface area contributed by atoms with Crippen LogP contribution in [0.25, 0.3) is 0 Å². The van der Waals surface area contributed by atoms with Crippen molar-refractivity contribution < 1.29 is 19.4 Å². The van der Waals surface area contributed by atoms with Gasteiger partial charge < -0.3 is 0 Å². The Morgan fingerprint density at radius 3 is 2.00 bits per heavy atom. The van der Waals surface area contributed by atoms with Gasteiger partial charge >= 0.3 is 12.4 Å². The third kappa shape index (κ3) is 12.9. The zero-order valence-corrected chi connectivity index (χ0v) is 10.8. The van der Waals surface area contributed by atoms with E-state index < -0.39 is 5.97 Å². The first-order chi connectivity index (χ1) is 8.31. The van der Waals surface area contributed by atoms with Gasteiger partial charge in [0.05, 0.1) is 6.42 Å². The molecule has 0 spiro atoms. The molecule has 0 bridgehead atoms. The summed E-state index contributed by atoms with van der Waals surface area (Å²) in [6.45, 7) is 2.32. The summed E-state index contributed by atoms with van der Waals surface area (Å²) in [6.07, 6.45) is 11.1. The number of hydrogen-bond acceptors (Lipinski definition) is 4. The van der Waals surface area contributed by atoms with Crippen LogP contribution in [0.5, 0.6) is 0 Å². The first-order valence-electron chi connectivity index (χ1n) is 6.61. The highest BCUT2D eigenvalue weighted by Gasteiger charge is 2.03. The van der Waals surface area contributed by atoms with E-state index in [1.807, 2.05) is 0 Å². The van der Waals surface area contributed by atoms with Gasteiger partial charge in [-0.2, -0.15) is 0 Å². The van der Waals surface area contributed by atoms with Crippen LogP contribution in [0.15, 0.2) is 0 Å². The Hall–Kier alpha value is -1.06. The molecule has 0 fully saturated rings. The van der Waals surface area contributed by atoms with Gasteiger partial charge in [-0.05, 0) is 6.42 Å². The first-order valence-corrected chi connectivity index (χ1v) is 6.61. The molecule has 0 aliphatic carbocycles. The maximum Gasteiger partial charge on any atom is 0.355 e. The van der Waals surface area contributed by atoms with E-state index in [0.717, 1.165) is 19.3 Å². The van der Waals surface area contributed by atoms with Crippen molar-refractivity contribution in [2.45, 2.75) is 71.1 Å². The fourth-order valence-corrected chi connectivity index (χ4v) is 1.69. The minimum Gasteiger partial charge on any atom is -0.251 e. The molecule has 0 heterocycles. The van der Waals surface area contributed by atoms with Gasteiger partial charge in [0.25, 0.3) is 0 Å². The van der Waals surface area contributed by atoms with Crippen LogP contribution in [0.1, 0.15) is 71.1 Å². The third-order valence-electron chi connectivity index (χ3n) is 2.66. The molecule has 0 aromatic heterocycles. The number of carbonyl (C=O) groups is 2. The van der Waals surface area contributed by atoms with Crippen LogP contribution in [0.4, 0.5) is 0 Å². The molecule has 0 saturated carbocycles. The van der Waals surface area contributed by atoms with E-state index in [4.69, 9.17) is 0 Å². The Balaban J connectivity index is 3.07. The van der Waals surface area contributed by atoms with Gasteiger partial charge in [0.2, 0.25) is 0 Å². The molecule has 0 atom stereocenters. The monoisotopic (exact) mass is 244 g/mol. The quantitative estimate of drug-likeness (QED) is 0.228. The average Bonchev–Trinajstić information content (AvgIpc) is 2.34. The van der Waals surface area contributed by atoms with Crippen LogP contribution in [0.3, 0.4) is 0 Å². The van der Waals surface area contributed by atoms with E-state index in [-0.39, 0.29) is 6.47 Å². The summed E-state index contributed by atoms with van der Waals surface area (Å²) in [4.78, 5) is 28.7. The van der Waals surface area contributed by atoms with Crippen LogP contribution in [-0.4, -0.2) is 12.4 Å². The molecule has 4 heteroatoms. The lowest BCUT2D eigenvalue weighted by molar-refractivity contribution is -0.248. The second-order valence-electron chi connectivity index (χ2n) is 4.23. The van der Waals surface area contributed by atoms with Gasteiger partial charge in [-0.3, -0.25) is 9.68 Å². The lowest BCUT2D eigenvalue weighted by Crippen LogP contribution is -2.03. The van der Waals surface area contributed by atoms with E-state index in [1.165, 1.54) is 38.5 Å². The molecule has 4 nitrogen and oxygen atoms in total. The van der Waals surface area contributed by atoms with E-state index in [9.17, 15) is 9.59 Å². The highest BCUT2D eigenvalue weighted by Crippen LogP contribution is 2.10. The van der Waals surface area contributed by atoms with Crippen LogP contribution < -0.4 is 0 Å². The van der Waals surface area contributed by atoms with Gasteiger partial charge in [0, 0.05) is 0 Å². The normalized spacial score (nSPS) is 9.94. The number of carbonyl (C=O) groups excluding carboxylic acids is 2. The van der Waals surface area contributed by atoms with Crippen molar-refractivity contribution in [1.29, 1.82) is 0 Å². The van der Waals surface area contributed by atoms with E-state index >= 15 is 0 Å². The summed E-state index contributed by atoms with van der Waals surface area (Å²) in [6, 6.07) is 0. The third-order valence-corrected chi connectivity index (χ3v) is 2.66. The molecule has 100 valence electrons. The predicted molar refractivity (Wildman–Crippen MR) is 65.1 cm³/mol. The molecular weight excluding hydrogens is 220 g/mol. The topological polar surface area (TPSA) is 52.6 Å². The molecule has 0 aromatic rings. The molecule has 17 heavy (non-hydrogen) atoms. The highest BCUT2D eigenvalue weighted by molar-refractivity contribution is 5.69. The Bertz CT molecular complexity index is 192. The fraction of sp³-hybridized carbons (Fsp3) is 0.846. The summed E-state index contributed by atoms with van der Waals surface area (Å²) in [5.74, 6) is -0.472. The molecule has 0 aromatic carbocycles. The summed E-state index contributed by atoms with van der Waals surface area (Å²) in [7, 11) is 0. The predicted octanol–water partition coefficient (Wildman–Crippen LogP) is 3.54. The summed E-state index contributed by atoms with van der Waals surface area (Å²) < 4.78 is 0. The second kappa shape index (κ2) is 13.0. The standard InChI is InChI=1S/C13H24O4/c1-2-3-4-5-6-7-8-9-10-11-13(15)17-16-12-14/h12H,2-11H2,1H3. The molecule has 0 aliphatic rings. The van der Waals surface area contributed by atoms with E-state index in [1.54, 1.807) is 0 Å². The minimum absolute atomic E-state index is 0.105. The minimum atomic E-state index is -0.472. The van der Waals surface area contributed by atoms with Crippen LogP contribution >= 0.6 is 0 Å². The molecule has 0 aliphatic heterocycles. The SMILES string of the molecule is CCCCCCCCCCCC(=O)OOC=O. The number of hydrogen-bond donors (Lipinski definition) is 0. The smallest absolute Gasteiger partial charge is 0.251 e. The van der Waals surface area contributed by atoms with Crippen LogP contribution in [0, 0.1) is 0 Å². The Labute approximate surface area is 104 Å². The van der Waals surface area contributed by atoms with Crippen molar-refractivity contribution in [3.8, 4) is 0 Å². The molecule has 0 amide bonds. The van der Waals surface area contributed by atoms with Gasteiger partial charge in [0.1, 0.15) is 0 Å². The van der Waals surface area contributed by atoms with Gasteiger partial charge in [-0.25, -0.2) is 9.68 Å². The van der Waals surface area contributed by atoms with Crippen molar-refractivity contribution in [1.82, 2.24) is 0 Å². The van der Waals surface area contributed by atoms with E-state index in [0.29, 0.717) is 6.42 Å². The zero-order chi connectivity index (χ0) is 12.8. The van der Waals surface area contributed by atoms with Crippen molar-refractivity contribution in [3.05, 3.63) is 0 Å². The van der Waals surface area contributed by atoms with E-state index in [2.05, 4.69) is 16.7 Å². The second-order valence-corrected chi connectivity index (χ2v) is 4.23. The van der Waals surface area contributed by atoms with Crippen LogP contribution in [0.2, 0.25) is 0 Å². The van der Waals surface area contributed by atoms with Crippen molar-refractivity contribution in [2.75, 3.05) is 0 Å². The maximum absolute atomic E-state index is 10.9. The maximum atomic E-state index is 10.9. The lowest BCUT2D eigenvalue weighted by Gasteiger charge is -2.01. The van der Waals surface area contributed by atoms with Crippen molar-refractivity contribution in [2.24, 2.45) is 0 Å². The zero-order valence-electron chi connectivity index (χ0n) is 10.8. The van der Waals surface area contributed by atoms with Gasteiger partial charge in [-0.15, -0.1) is 0 Å². The Morgan fingerprint density at radius 1 is 0.941 bits per heavy atom. The molecule has 0 rings (SSSR count). The number of rotatable bonds is 12. The fourth-order valence-electron chi connectivity index (χ4n) is 1.69. The molecular formula is C13H24O4. The summed E-state index contributed by atoms with van der Waals surface area (Å²) in [5, 5.41) is 0. The number of unbranched alkanes of at least 4 members (excludes halogenated alkanes) is 8. The Morgan fingerprint density at radius 2 is 1.47 bits per heavy atom. The molecule has 0 radical (unpaired) electrons. The molecule has 0 saturated heterocycles. The molecule has 0 N–H and O–H groups in total. The summed E-state index contributed by atoms with van der Waals surface area (Å²) >= 11 is 0. The van der Waals surface area contributed by atoms with Gasteiger partial charge in [0.15, 0.2) is 0 Å². The Kier molecular flexibility index (Phi) is 12.2. The molecule has 0 unspecified atom stereocenters. The van der Waals surface area contributed by atoms with Crippen molar-refractivity contribution in [3.63, 3.8) is 0 Å². The largest absolute Gasteiger partial charge is 0.355 e. The van der Waals surface area contributed by atoms with Crippen molar-refractivity contribution >= 4 is 12.4 Å². The van der Waals surface area contributed by atoms with Crippen LogP contribution in [-0.2, 0) is 19.4 Å². The first kappa shape index (κ1) is 15.9. The highest BCUT2D eigenvalue weighted by atomic mass is 17.2. The summed E-state index contributed by atoms with van der Waals surface area (Å²) in [5.41, 5.74) is 0. The lowest BCUT2D eigenvalue weighted by atomic mass is 10.1. The average molecular weight is 244 g/mol.